The van der Waals surface area contributed by atoms with Crippen LogP contribution in [0.15, 0.2) is 18.2 Å². The van der Waals surface area contributed by atoms with Crippen LogP contribution in [0.2, 0.25) is 0 Å². The van der Waals surface area contributed by atoms with Crippen molar-refractivity contribution in [1.29, 1.82) is 0 Å². The molecular weight excluding hydrogens is 218 g/mol. The van der Waals surface area contributed by atoms with Crippen molar-refractivity contribution < 1.29 is 14.6 Å². The fourth-order valence-electron chi connectivity index (χ4n) is 2.28. The average Bonchev–Trinajstić information content (AvgIpc) is 2.24. The SMILES string of the molecule is Cc1cccc2c1N(C)C(C)C(CC(=O)O)O2. The first-order chi connectivity index (χ1) is 8.00. The summed E-state index contributed by atoms with van der Waals surface area (Å²) in [5, 5.41) is 8.87. The molecule has 4 heteroatoms. The number of para-hydroxylation sites is 1. The van der Waals surface area contributed by atoms with Crippen molar-refractivity contribution in [1.82, 2.24) is 0 Å². The Bertz CT molecular complexity index is 444. The molecule has 0 spiro atoms. The van der Waals surface area contributed by atoms with Gasteiger partial charge in [-0.3, -0.25) is 4.79 Å². The number of aliphatic carboxylic acids is 1. The number of carbonyl (C=O) groups is 1. The number of likely N-dealkylation sites (N-methyl/N-ethyl adjacent to an activating group) is 1. The molecule has 1 aliphatic rings. The molecule has 0 fully saturated rings. The van der Waals surface area contributed by atoms with E-state index in [1.54, 1.807) is 0 Å². The molecule has 0 saturated heterocycles. The van der Waals surface area contributed by atoms with Crippen LogP contribution < -0.4 is 9.64 Å². The molecule has 92 valence electrons. The molecule has 0 bridgehead atoms. The molecule has 2 atom stereocenters. The summed E-state index contributed by atoms with van der Waals surface area (Å²) in [6, 6.07) is 5.90. The van der Waals surface area contributed by atoms with Gasteiger partial charge in [0.15, 0.2) is 0 Å². The first kappa shape index (κ1) is 11.8. The largest absolute Gasteiger partial charge is 0.485 e. The number of fused-ring (bicyclic) bond motifs is 1. The maximum absolute atomic E-state index is 10.8. The lowest BCUT2D eigenvalue weighted by molar-refractivity contribution is -0.139. The molecule has 4 nitrogen and oxygen atoms in total. The zero-order valence-electron chi connectivity index (χ0n) is 10.3. The Kier molecular flexibility index (Phi) is 2.96. The lowest BCUT2D eigenvalue weighted by atomic mass is 10.0. The van der Waals surface area contributed by atoms with Crippen LogP contribution in [0, 0.1) is 6.92 Å². The maximum atomic E-state index is 10.8. The minimum Gasteiger partial charge on any atom is -0.485 e. The zero-order valence-corrected chi connectivity index (χ0v) is 10.3. The van der Waals surface area contributed by atoms with Crippen LogP contribution in [0.5, 0.6) is 5.75 Å². The summed E-state index contributed by atoms with van der Waals surface area (Å²) in [5.74, 6) is -0.0526. The van der Waals surface area contributed by atoms with Gasteiger partial charge in [0.2, 0.25) is 0 Å². The van der Waals surface area contributed by atoms with Gasteiger partial charge in [-0.05, 0) is 25.5 Å². The molecular formula is C13H17NO3. The van der Waals surface area contributed by atoms with Crippen molar-refractivity contribution in [3.63, 3.8) is 0 Å². The molecule has 0 saturated carbocycles. The highest BCUT2D eigenvalue weighted by Gasteiger charge is 2.32. The van der Waals surface area contributed by atoms with E-state index in [-0.39, 0.29) is 18.6 Å². The van der Waals surface area contributed by atoms with Gasteiger partial charge in [0.1, 0.15) is 11.9 Å². The quantitative estimate of drug-likeness (QED) is 0.852. The van der Waals surface area contributed by atoms with E-state index < -0.39 is 5.97 Å². The van der Waals surface area contributed by atoms with E-state index in [2.05, 4.69) is 4.90 Å². The molecule has 0 aliphatic carbocycles. The summed E-state index contributed by atoms with van der Waals surface area (Å²) in [6.07, 6.45) is -0.273. The predicted molar refractivity (Wildman–Crippen MR) is 65.7 cm³/mol. The lowest BCUT2D eigenvalue weighted by Gasteiger charge is -2.40. The number of carboxylic acid groups (broad SMARTS) is 1. The number of carboxylic acids is 1. The Hall–Kier alpha value is -1.71. The second-order valence-electron chi connectivity index (χ2n) is 4.53. The standard InChI is InChI=1S/C13H17NO3/c1-8-5-4-6-10-13(8)14(3)9(2)11(17-10)7-12(15)16/h4-6,9,11H,7H2,1-3H3,(H,15,16). The van der Waals surface area contributed by atoms with Crippen LogP contribution in [0.25, 0.3) is 0 Å². The van der Waals surface area contributed by atoms with Crippen LogP contribution in [-0.2, 0) is 4.79 Å². The van der Waals surface area contributed by atoms with E-state index in [0.29, 0.717) is 0 Å². The first-order valence-electron chi connectivity index (χ1n) is 5.71. The highest BCUT2D eigenvalue weighted by Crippen LogP contribution is 2.38. The topological polar surface area (TPSA) is 49.8 Å². The molecule has 1 N–H and O–H groups in total. The van der Waals surface area contributed by atoms with Gasteiger partial charge in [0.05, 0.1) is 18.2 Å². The third-order valence-electron chi connectivity index (χ3n) is 3.36. The van der Waals surface area contributed by atoms with E-state index in [0.717, 1.165) is 17.0 Å². The van der Waals surface area contributed by atoms with Gasteiger partial charge in [-0.2, -0.15) is 0 Å². The van der Waals surface area contributed by atoms with E-state index >= 15 is 0 Å². The Morgan fingerprint density at radius 1 is 1.53 bits per heavy atom. The second kappa shape index (κ2) is 4.28. The van der Waals surface area contributed by atoms with Gasteiger partial charge in [0, 0.05) is 7.05 Å². The third kappa shape index (κ3) is 2.07. The van der Waals surface area contributed by atoms with E-state index in [4.69, 9.17) is 9.84 Å². The summed E-state index contributed by atoms with van der Waals surface area (Å²) in [5.41, 5.74) is 2.20. The molecule has 1 aliphatic heterocycles. The fourth-order valence-corrected chi connectivity index (χ4v) is 2.28. The van der Waals surface area contributed by atoms with Crippen LogP contribution in [0.4, 0.5) is 5.69 Å². The van der Waals surface area contributed by atoms with E-state index in [9.17, 15) is 4.79 Å². The summed E-state index contributed by atoms with van der Waals surface area (Å²) < 4.78 is 5.78. The van der Waals surface area contributed by atoms with Gasteiger partial charge in [-0.25, -0.2) is 0 Å². The van der Waals surface area contributed by atoms with E-state index in [1.807, 2.05) is 39.1 Å². The molecule has 2 unspecified atom stereocenters. The normalized spacial score (nSPS) is 22.9. The smallest absolute Gasteiger partial charge is 0.307 e. The number of rotatable bonds is 2. The number of hydrogen-bond acceptors (Lipinski definition) is 3. The minimum absolute atomic E-state index is 0.0267. The molecule has 17 heavy (non-hydrogen) atoms. The van der Waals surface area contributed by atoms with Crippen molar-refractivity contribution in [3.8, 4) is 5.75 Å². The Morgan fingerprint density at radius 3 is 2.88 bits per heavy atom. The number of ether oxygens (including phenoxy) is 1. The number of anilines is 1. The molecule has 2 rings (SSSR count). The van der Waals surface area contributed by atoms with Gasteiger partial charge >= 0.3 is 5.97 Å². The first-order valence-corrected chi connectivity index (χ1v) is 5.71. The lowest BCUT2D eigenvalue weighted by Crippen LogP contribution is -2.47. The van der Waals surface area contributed by atoms with Gasteiger partial charge in [0.25, 0.3) is 0 Å². The van der Waals surface area contributed by atoms with Crippen LogP contribution in [-0.4, -0.2) is 30.3 Å². The predicted octanol–water partition coefficient (Wildman–Crippen LogP) is 2.06. The summed E-state index contributed by atoms with van der Waals surface area (Å²) in [6.45, 7) is 4.02. The summed E-state index contributed by atoms with van der Waals surface area (Å²) in [4.78, 5) is 12.9. The maximum Gasteiger partial charge on any atom is 0.307 e. The van der Waals surface area contributed by atoms with Gasteiger partial charge in [-0.1, -0.05) is 12.1 Å². The molecule has 0 amide bonds. The number of nitrogens with zero attached hydrogens (tertiary/aromatic N) is 1. The summed E-state index contributed by atoms with van der Waals surface area (Å²) in [7, 11) is 1.98. The van der Waals surface area contributed by atoms with Crippen LogP contribution in [0.3, 0.4) is 0 Å². The van der Waals surface area contributed by atoms with Gasteiger partial charge in [-0.15, -0.1) is 0 Å². The minimum atomic E-state index is -0.827. The van der Waals surface area contributed by atoms with Crippen LogP contribution >= 0.6 is 0 Å². The van der Waals surface area contributed by atoms with Crippen molar-refractivity contribution in [2.75, 3.05) is 11.9 Å². The molecule has 0 radical (unpaired) electrons. The zero-order chi connectivity index (χ0) is 12.6. The van der Waals surface area contributed by atoms with Crippen molar-refractivity contribution >= 4 is 11.7 Å². The average molecular weight is 235 g/mol. The van der Waals surface area contributed by atoms with Gasteiger partial charge < -0.3 is 14.7 Å². The molecule has 1 heterocycles. The van der Waals surface area contributed by atoms with Crippen molar-refractivity contribution in [2.24, 2.45) is 0 Å². The summed E-state index contributed by atoms with van der Waals surface area (Å²) >= 11 is 0. The number of hydrogen-bond donors (Lipinski definition) is 1. The van der Waals surface area contributed by atoms with Crippen molar-refractivity contribution in [3.05, 3.63) is 23.8 Å². The number of benzene rings is 1. The van der Waals surface area contributed by atoms with Crippen LogP contribution in [0.1, 0.15) is 18.9 Å². The Balaban J connectivity index is 2.35. The van der Waals surface area contributed by atoms with E-state index in [1.165, 1.54) is 0 Å². The highest BCUT2D eigenvalue weighted by atomic mass is 16.5. The fraction of sp³-hybridized carbons (Fsp3) is 0.462. The van der Waals surface area contributed by atoms with Crippen molar-refractivity contribution in [2.45, 2.75) is 32.4 Å². The Morgan fingerprint density at radius 2 is 2.24 bits per heavy atom. The monoisotopic (exact) mass is 235 g/mol. The Labute approximate surface area is 101 Å². The third-order valence-corrected chi connectivity index (χ3v) is 3.36. The molecule has 1 aromatic rings. The molecule has 1 aromatic carbocycles. The second-order valence-corrected chi connectivity index (χ2v) is 4.53. The highest BCUT2D eigenvalue weighted by molar-refractivity contribution is 5.70. The molecule has 0 aromatic heterocycles. The number of aryl methyl sites for hydroxylation is 1.